The van der Waals surface area contributed by atoms with E-state index in [2.05, 4.69) is 24.4 Å². The maximum Gasteiger partial charge on any atom is 0.236 e. The second kappa shape index (κ2) is 6.05. The van der Waals surface area contributed by atoms with Crippen molar-refractivity contribution >= 4 is 11.6 Å². The third-order valence-electron chi connectivity index (χ3n) is 2.06. The zero-order valence-electron chi connectivity index (χ0n) is 10.0. The summed E-state index contributed by atoms with van der Waals surface area (Å²) in [5.41, 5.74) is 4.48. The van der Waals surface area contributed by atoms with Crippen molar-refractivity contribution in [3.8, 4) is 0 Å². The van der Waals surface area contributed by atoms with Crippen LogP contribution in [0.4, 0.5) is 0 Å². The van der Waals surface area contributed by atoms with Crippen LogP contribution in [0.2, 0.25) is 0 Å². The molecule has 16 heavy (non-hydrogen) atoms. The Hall–Kier alpha value is -1.64. The first kappa shape index (κ1) is 12.4. The number of nitrogens with zero attached hydrogens (tertiary/aromatic N) is 1. The average Bonchev–Trinajstić information content (AvgIpc) is 2.25. The van der Waals surface area contributed by atoms with Crippen LogP contribution in [0.1, 0.15) is 32.8 Å². The molecule has 86 valence electrons. The third kappa shape index (κ3) is 4.26. The summed E-state index contributed by atoms with van der Waals surface area (Å²) >= 11 is 0. The van der Waals surface area contributed by atoms with Gasteiger partial charge in [-0.3, -0.25) is 4.79 Å². The Kier molecular flexibility index (Phi) is 4.70. The van der Waals surface area contributed by atoms with E-state index in [1.165, 1.54) is 6.92 Å². The summed E-state index contributed by atoms with van der Waals surface area (Å²) in [6.45, 7) is 5.72. The number of carbonyl (C=O) groups is 1. The molecular weight excluding hydrogens is 200 g/mol. The van der Waals surface area contributed by atoms with Gasteiger partial charge in [-0.15, -0.1) is 0 Å². The fraction of sp³-hybridized carbons (Fsp3) is 0.385. The number of hydrogen-bond donors (Lipinski definition) is 1. The Labute approximate surface area is 96.6 Å². The van der Waals surface area contributed by atoms with Crippen LogP contribution in [0, 0.1) is 5.92 Å². The third-order valence-corrected chi connectivity index (χ3v) is 2.06. The summed E-state index contributed by atoms with van der Waals surface area (Å²) in [5.74, 6) is 0.366. The van der Waals surface area contributed by atoms with Gasteiger partial charge in [0.05, 0.1) is 5.71 Å². The molecule has 0 aliphatic carbocycles. The van der Waals surface area contributed by atoms with Gasteiger partial charge in [0.2, 0.25) is 5.91 Å². The number of hydrazone groups is 1. The van der Waals surface area contributed by atoms with Crippen molar-refractivity contribution in [2.75, 3.05) is 0 Å². The molecule has 0 aliphatic rings. The molecule has 0 atom stereocenters. The maximum absolute atomic E-state index is 10.8. The first-order valence-corrected chi connectivity index (χ1v) is 5.48. The second-order valence-corrected chi connectivity index (χ2v) is 4.19. The van der Waals surface area contributed by atoms with Gasteiger partial charge in [-0.2, -0.15) is 5.10 Å². The summed E-state index contributed by atoms with van der Waals surface area (Å²) in [5, 5.41) is 4.15. The van der Waals surface area contributed by atoms with Crippen molar-refractivity contribution in [2.45, 2.75) is 27.2 Å². The highest BCUT2D eigenvalue weighted by Crippen LogP contribution is 2.09. The summed E-state index contributed by atoms with van der Waals surface area (Å²) in [6.07, 6.45) is 0.851. The number of carbonyl (C=O) groups excluding carboxylic acids is 1. The Balaban J connectivity index is 2.87. The van der Waals surface area contributed by atoms with E-state index in [1.807, 2.05) is 30.3 Å². The van der Waals surface area contributed by atoms with E-state index in [0.29, 0.717) is 5.92 Å². The largest absolute Gasteiger partial charge is 0.274 e. The van der Waals surface area contributed by atoms with Crippen molar-refractivity contribution in [1.29, 1.82) is 0 Å². The quantitative estimate of drug-likeness (QED) is 0.612. The summed E-state index contributed by atoms with van der Waals surface area (Å²) < 4.78 is 0. The van der Waals surface area contributed by atoms with Gasteiger partial charge in [0.1, 0.15) is 0 Å². The van der Waals surface area contributed by atoms with Gasteiger partial charge < -0.3 is 0 Å². The minimum absolute atomic E-state index is 0.141. The fourth-order valence-corrected chi connectivity index (χ4v) is 1.39. The van der Waals surface area contributed by atoms with Crippen LogP contribution >= 0.6 is 0 Å². The molecule has 0 spiro atoms. The van der Waals surface area contributed by atoms with Crippen molar-refractivity contribution in [3.63, 3.8) is 0 Å². The highest BCUT2D eigenvalue weighted by molar-refractivity contribution is 6.01. The smallest absolute Gasteiger partial charge is 0.236 e. The normalized spacial score (nSPS) is 11.6. The molecule has 1 amide bonds. The van der Waals surface area contributed by atoms with E-state index in [9.17, 15) is 4.79 Å². The van der Waals surface area contributed by atoms with Crippen LogP contribution < -0.4 is 5.43 Å². The molecule has 1 rings (SSSR count). The van der Waals surface area contributed by atoms with Gasteiger partial charge >= 0.3 is 0 Å². The van der Waals surface area contributed by atoms with E-state index >= 15 is 0 Å². The van der Waals surface area contributed by atoms with Crippen molar-refractivity contribution in [1.82, 2.24) is 5.43 Å². The molecule has 0 heterocycles. The van der Waals surface area contributed by atoms with Gasteiger partial charge in [-0.05, 0) is 17.9 Å². The molecule has 1 aromatic rings. The number of nitrogens with one attached hydrogen (secondary N) is 1. The van der Waals surface area contributed by atoms with Crippen LogP contribution in [0.15, 0.2) is 35.4 Å². The lowest BCUT2D eigenvalue weighted by molar-refractivity contribution is -0.118. The van der Waals surface area contributed by atoms with Gasteiger partial charge in [0.15, 0.2) is 0 Å². The lowest BCUT2D eigenvalue weighted by Gasteiger charge is -2.09. The van der Waals surface area contributed by atoms with Gasteiger partial charge in [-0.25, -0.2) is 5.43 Å². The topological polar surface area (TPSA) is 41.5 Å². The summed E-state index contributed by atoms with van der Waals surface area (Å²) in [7, 11) is 0. The van der Waals surface area contributed by atoms with Crippen LogP contribution in [-0.4, -0.2) is 11.6 Å². The Morgan fingerprint density at radius 2 is 1.94 bits per heavy atom. The summed E-state index contributed by atoms with van der Waals surface area (Å²) in [4.78, 5) is 10.8. The number of benzene rings is 1. The zero-order chi connectivity index (χ0) is 12.0. The van der Waals surface area contributed by atoms with Gasteiger partial charge in [0, 0.05) is 6.92 Å². The molecule has 0 saturated heterocycles. The molecule has 0 radical (unpaired) electrons. The van der Waals surface area contributed by atoms with Crippen molar-refractivity contribution < 1.29 is 4.79 Å². The predicted octanol–water partition coefficient (Wildman–Crippen LogP) is 2.57. The van der Waals surface area contributed by atoms with E-state index in [1.54, 1.807) is 0 Å². The zero-order valence-corrected chi connectivity index (χ0v) is 10.0. The van der Waals surface area contributed by atoms with E-state index in [0.717, 1.165) is 17.7 Å². The molecule has 3 nitrogen and oxygen atoms in total. The van der Waals surface area contributed by atoms with Crippen LogP contribution in [0.5, 0.6) is 0 Å². The number of hydrogen-bond acceptors (Lipinski definition) is 2. The van der Waals surface area contributed by atoms with Crippen LogP contribution in [-0.2, 0) is 4.79 Å². The highest BCUT2D eigenvalue weighted by Gasteiger charge is 2.06. The SMILES string of the molecule is CC(=O)NN=C(CC(C)C)c1ccccc1. The minimum Gasteiger partial charge on any atom is -0.274 e. The molecule has 1 aromatic carbocycles. The number of amides is 1. The van der Waals surface area contributed by atoms with Crippen LogP contribution in [0.3, 0.4) is 0 Å². The van der Waals surface area contributed by atoms with Gasteiger partial charge in [0.25, 0.3) is 0 Å². The molecule has 0 aromatic heterocycles. The van der Waals surface area contributed by atoms with E-state index in [4.69, 9.17) is 0 Å². The fourth-order valence-electron chi connectivity index (χ4n) is 1.39. The summed E-state index contributed by atoms with van der Waals surface area (Å²) in [6, 6.07) is 9.92. The monoisotopic (exact) mass is 218 g/mol. The van der Waals surface area contributed by atoms with Crippen LogP contribution in [0.25, 0.3) is 0 Å². The molecule has 0 unspecified atom stereocenters. The molecule has 0 aliphatic heterocycles. The number of rotatable bonds is 4. The van der Waals surface area contributed by atoms with E-state index < -0.39 is 0 Å². The lowest BCUT2D eigenvalue weighted by atomic mass is 10.0. The van der Waals surface area contributed by atoms with Crippen molar-refractivity contribution in [2.24, 2.45) is 11.0 Å². The lowest BCUT2D eigenvalue weighted by Crippen LogP contribution is -2.17. The maximum atomic E-state index is 10.8. The Morgan fingerprint density at radius 1 is 1.31 bits per heavy atom. The molecular formula is C13H18N2O. The Bertz CT molecular complexity index is 369. The van der Waals surface area contributed by atoms with E-state index in [-0.39, 0.29) is 5.91 Å². The molecule has 0 bridgehead atoms. The minimum atomic E-state index is -0.141. The first-order chi connectivity index (χ1) is 7.59. The molecule has 3 heteroatoms. The highest BCUT2D eigenvalue weighted by atomic mass is 16.2. The molecule has 1 N–H and O–H groups in total. The standard InChI is InChI=1S/C13H18N2O/c1-10(2)9-13(15-14-11(3)16)12-7-5-4-6-8-12/h4-8,10H,9H2,1-3H3,(H,14,16). The first-order valence-electron chi connectivity index (χ1n) is 5.48. The predicted molar refractivity (Wildman–Crippen MR) is 66.3 cm³/mol. The Morgan fingerprint density at radius 3 is 2.44 bits per heavy atom. The second-order valence-electron chi connectivity index (χ2n) is 4.19. The average molecular weight is 218 g/mol. The van der Waals surface area contributed by atoms with Gasteiger partial charge in [-0.1, -0.05) is 44.2 Å². The van der Waals surface area contributed by atoms with Crippen molar-refractivity contribution in [3.05, 3.63) is 35.9 Å². The molecule has 0 saturated carbocycles. The molecule has 0 fully saturated rings.